The van der Waals surface area contributed by atoms with Crippen molar-refractivity contribution in [2.75, 3.05) is 31.9 Å². The second-order valence-corrected chi connectivity index (χ2v) is 16.9. The van der Waals surface area contributed by atoms with Gasteiger partial charge in [-0.1, -0.05) is 120 Å². The van der Waals surface area contributed by atoms with Gasteiger partial charge in [0.05, 0.1) is 37.0 Å². The van der Waals surface area contributed by atoms with E-state index in [1.54, 1.807) is 20.8 Å². The Balaban J connectivity index is 1.41. The molecule has 4 rings (SSSR count). The maximum absolute atomic E-state index is 13.8. The highest BCUT2D eigenvalue weighted by Crippen LogP contribution is 2.37. The Kier molecular flexibility index (Phi) is 16.2. The van der Waals surface area contributed by atoms with Gasteiger partial charge >= 0.3 is 5.97 Å². The number of benzene rings is 4. The van der Waals surface area contributed by atoms with Crippen LogP contribution >= 0.6 is 0 Å². The maximum atomic E-state index is 13.8. The van der Waals surface area contributed by atoms with Crippen LogP contribution in [0.4, 0.5) is 0 Å². The molecule has 13 heteroatoms. The molecule has 0 spiro atoms. The van der Waals surface area contributed by atoms with Crippen LogP contribution in [0.15, 0.2) is 109 Å². The van der Waals surface area contributed by atoms with Gasteiger partial charge in [0.1, 0.15) is 5.60 Å². The van der Waals surface area contributed by atoms with Crippen molar-refractivity contribution in [2.24, 2.45) is 0 Å². The van der Waals surface area contributed by atoms with E-state index >= 15 is 0 Å². The van der Waals surface area contributed by atoms with Crippen LogP contribution in [0, 0.1) is 13.8 Å². The van der Waals surface area contributed by atoms with Gasteiger partial charge in [-0.2, -0.15) is 0 Å². The van der Waals surface area contributed by atoms with E-state index in [9.17, 15) is 27.6 Å². The summed E-state index contributed by atoms with van der Waals surface area (Å²) in [5.74, 6) is -2.50. The van der Waals surface area contributed by atoms with Gasteiger partial charge in [0.2, 0.25) is 21.8 Å². The molecular formula is C44H55N5O7S. The van der Waals surface area contributed by atoms with E-state index in [0.29, 0.717) is 6.54 Å². The lowest BCUT2D eigenvalue weighted by Gasteiger charge is -2.38. The van der Waals surface area contributed by atoms with Crippen molar-refractivity contribution < 1.29 is 32.3 Å². The molecule has 5 N–H and O–H groups in total. The van der Waals surface area contributed by atoms with Gasteiger partial charge in [-0.3, -0.25) is 34.5 Å². The van der Waals surface area contributed by atoms with E-state index in [0.717, 1.165) is 33.4 Å². The molecule has 12 nitrogen and oxygen atoms in total. The van der Waals surface area contributed by atoms with Crippen molar-refractivity contribution in [1.29, 1.82) is 0 Å². The van der Waals surface area contributed by atoms with Gasteiger partial charge in [0.25, 0.3) is 0 Å². The van der Waals surface area contributed by atoms with Crippen LogP contribution in [-0.4, -0.2) is 75.6 Å². The van der Waals surface area contributed by atoms with E-state index < -0.39 is 51.4 Å². The first-order valence-electron chi connectivity index (χ1n) is 19.0. The first kappa shape index (κ1) is 44.5. The summed E-state index contributed by atoms with van der Waals surface area (Å²) in [6.07, 6.45) is -0.0124. The summed E-state index contributed by atoms with van der Waals surface area (Å²) in [5.41, 5.74) is 4.26. The Labute approximate surface area is 336 Å². The van der Waals surface area contributed by atoms with Crippen molar-refractivity contribution in [2.45, 2.75) is 71.2 Å². The van der Waals surface area contributed by atoms with Gasteiger partial charge in [-0.05, 0) is 63.3 Å². The lowest BCUT2D eigenvalue weighted by atomic mass is 9.76. The summed E-state index contributed by atoms with van der Waals surface area (Å²) >= 11 is 0. The average Bonchev–Trinajstić information content (AvgIpc) is 3.16. The summed E-state index contributed by atoms with van der Waals surface area (Å²) in [4.78, 5) is 51.5. The third-order valence-corrected chi connectivity index (χ3v) is 10.4. The van der Waals surface area contributed by atoms with Gasteiger partial charge in [-0.25, -0.2) is 8.42 Å². The smallest absolute Gasteiger partial charge is 0.320 e. The number of carbonyl (C=O) groups is 4. The quantitative estimate of drug-likeness (QED) is 0.0609. The van der Waals surface area contributed by atoms with Crippen LogP contribution in [0.3, 0.4) is 0 Å². The number of nitrogens with one attached hydrogen (secondary N) is 5. The second kappa shape index (κ2) is 20.8. The zero-order chi connectivity index (χ0) is 41.5. The van der Waals surface area contributed by atoms with E-state index in [1.165, 1.54) is 0 Å². The van der Waals surface area contributed by atoms with Crippen molar-refractivity contribution in [3.63, 3.8) is 0 Å². The van der Waals surface area contributed by atoms with Crippen molar-refractivity contribution in [3.8, 4) is 0 Å². The van der Waals surface area contributed by atoms with E-state index in [-0.39, 0.29) is 44.2 Å². The molecule has 0 aliphatic carbocycles. The predicted molar refractivity (Wildman–Crippen MR) is 222 cm³/mol. The summed E-state index contributed by atoms with van der Waals surface area (Å²) in [6, 6.07) is 34.6. The number of esters is 1. The van der Waals surface area contributed by atoms with Crippen LogP contribution in [0.5, 0.6) is 0 Å². The number of amides is 2. The Morgan fingerprint density at radius 2 is 1.23 bits per heavy atom. The molecule has 0 fully saturated rings. The molecule has 57 heavy (non-hydrogen) atoms. The molecule has 0 aliphatic heterocycles. The molecule has 0 bridgehead atoms. The number of aryl methyl sites for hydroxylation is 2. The molecule has 2 amide bonds. The molecule has 1 atom stereocenters. The lowest BCUT2D eigenvalue weighted by molar-refractivity contribution is -0.153. The SMILES string of the molecule is Cc1ccc(CNC(=O)CCCS(=O)(=O)NC(=O)CNCC(=O)C(CNC(c2ccccc2)(c2ccccc2)c2ccc(C)cc2)NCC(=O)OC(C)(C)C)cc1. The summed E-state index contributed by atoms with van der Waals surface area (Å²) < 4.78 is 32.7. The number of rotatable bonds is 21. The highest BCUT2D eigenvalue weighted by atomic mass is 32.2. The number of carbonyl (C=O) groups excluding carboxylic acids is 4. The Morgan fingerprint density at radius 1 is 0.684 bits per heavy atom. The molecule has 0 heterocycles. The lowest BCUT2D eigenvalue weighted by Crippen LogP contribution is -2.55. The van der Waals surface area contributed by atoms with Gasteiger partial charge < -0.3 is 15.4 Å². The van der Waals surface area contributed by atoms with Crippen LogP contribution < -0.4 is 26.0 Å². The molecule has 4 aromatic carbocycles. The molecule has 1 unspecified atom stereocenters. The predicted octanol–water partition coefficient (Wildman–Crippen LogP) is 4.19. The highest BCUT2D eigenvalue weighted by molar-refractivity contribution is 7.90. The third kappa shape index (κ3) is 14.3. The van der Waals surface area contributed by atoms with E-state index in [1.807, 2.05) is 128 Å². The van der Waals surface area contributed by atoms with Crippen LogP contribution in [0.25, 0.3) is 0 Å². The molecule has 0 aliphatic rings. The largest absolute Gasteiger partial charge is 0.459 e. The molecule has 4 aromatic rings. The monoisotopic (exact) mass is 797 g/mol. The number of hydrogen-bond acceptors (Lipinski definition) is 10. The van der Waals surface area contributed by atoms with Crippen LogP contribution in [-0.2, 0) is 46.0 Å². The molecule has 0 aromatic heterocycles. The molecular weight excluding hydrogens is 743 g/mol. The fourth-order valence-corrected chi connectivity index (χ4v) is 7.27. The van der Waals surface area contributed by atoms with Crippen molar-refractivity contribution in [1.82, 2.24) is 26.0 Å². The molecule has 0 saturated carbocycles. The van der Waals surface area contributed by atoms with Crippen molar-refractivity contribution >= 4 is 33.6 Å². The minimum Gasteiger partial charge on any atom is -0.459 e. The zero-order valence-electron chi connectivity index (χ0n) is 33.4. The minimum absolute atomic E-state index is 0.0162. The molecule has 0 saturated heterocycles. The topological polar surface area (TPSA) is 172 Å². The van der Waals surface area contributed by atoms with Gasteiger partial charge in [0, 0.05) is 19.5 Å². The molecule has 0 radical (unpaired) electrons. The Morgan fingerprint density at radius 3 is 1.79 bits per heavy atom. The van der Waals surface area contributed by atoms with Crippen LogP contribution in [0.2, 0.25) is 0 Å². The first-order chi connectivity index (χ1) is 27.1. The zero-order valence-corrected chi connectivity index (χ0v) is 34.2. The Hall–Kier alpha value is -5.21. The third-order valence-electron chi connectivity index (χ3n) is 9.05. The summed E-state index contributed by atoms with van der Waals surface area (Å²) in [6.45, 7) is 8.60. The number of Topliss-reactive ketones (excluding diaryl/α,β-unsaturated/α-hetero) is 1. The highest BCUT2D eigenvalue weighted by Gasteiger charge is 2.37. The maximum Gasteiger partial charge on any atom is 0.320 e. The number of ketones is 1. The second-order valence-electron chi connectivity index (χ2n) is 15.0. The number of sulfonamides is 1. The number of ether oxygens (including phenoxy) is 1. The fraction of sp³-hybridized carbons (Fsp3) is 0.364. The van der Waals surface area contributed by atoms with Gasteiger partial charge in [0.15, 0.2) is 5.78 Å². The standard InChI is InChI=1S/C44H55N5O7S/c1-32-18-22-34(23-19-32)27-47-40(51)17-12-26-57(54,55)49-41(52)30-45-29-39(50)38(46-31-42(53)56-43(3,4)5)28-48-44(35-13-8-6-9-14-35,36-15-10-7-11-16-36)37-24-20-33(2)21-25-37/h6-11,13-16,18-25,38,45-46,48H,12,17,26-31H2,1-5H3,(H,47,51)(H,49,52). The average molecular weight is 798 g/mol. The van der Waals surface area contributed by atoms with Crippen molar-refractivity contribution in [3.05, 3.63) is 143 Å². The normalized spacial score (nSPS) is 12.4. The Bertz CT molecular complexity index is 2000. The summed E-state index contributed by atoms with van der Waals surface area (Å²) in [7, 11) is -4.03. The summed E-state index contributed by atoms with van der Waals surface area (Å²) in [5, 5.41) is 12.2. The minimum atomic E-state index is -4.03. The van der Waals surface area contributed by atoms with Crippen LogP contribution in [0.1, 0.15) is 67.0 Å². The van der Waals surface area contributed by atoms with E-state index in [2.05, 4.69) is 21.3 Å². The molecule has 304 valence electrons. The van der Waals surface area contributed by atoms with Gasteiger partial charge in [-0.15, -0.1) is 0 Å². The first-order valence-corrected chi connectivity index (χ1v) is 20.7. The van der Waals surface area contributed by atoms with E-state index in [4.69, 9.17) is 4.74 Å². The fourth-order valence-electron chi connectivity index (χ4n) is 6.23. The number of hydrogen-bond donors (Lipinski definition) is 5.